The molecule has 0 radical (unpaired) electrons. The molecule has 0 bridgehead atoms. The Morgan fingerprint density at radius 3 is 2.00 bits per heavy atom. The third kappa shape index (κ3) is 11.2. The first-order chi connectivity index (χ1) is 12.2. The van der Waals surface area contributed by atoms with Gasteiger partial charge in [0.05, 0.1) is 45.2 Å². The maximum absolute atomic E-state index is 5.34. The second-order valence-corrected chi connectivity index (χ2v) is 6.98. The molecule has 6 nitrogen and oxygen atoms in total. The molecule has 3 saturated heterocycles. The van der Waals surface area contributed by atoms with E-state index in [1.165, 1.54) is 19.3 Å². The third-order valence-electron chi connectivity index (χ3n) is 4.49. The lowest BCUT2D eigenvalue weighted by molar-refractivity contribution is 0.0380. The minimum atomic E-state index is 0.389. The van der Waals surface area contributed by atoms with Crippen molar-refractivity contribution in [3.63, 3.8) is 0 Å². The minimum absolute atomic E-state index is 0.389. The van der Waals surface area contributed by atoms with Crippen molar-refractivity contribution in [1.82, 2.24) is 0 Å². The first kappa shape index (κ1) is 22.8. The summed E-state index contributed by atoms with van der Waals surface area (Å²) < 4.78 is 30.6. The van der Waals surface area contributed by atoms with E-state index in [2.05, 4.69) is 6.92 Å². The first-order valence-electron chi connectivity index (χ1n) is 9.47. The molecule has 4 atom stereocenters. The summed E-state index contributed by atoms with van der Waals surface area (Å²) in [5.41, 5.74) is 0. The van der Waals surface area contributed by atoms with Gasteiger partial charge in [-0.3, -0.25) is 0 Å². The Morgan fingerprint density at radius 1 is 0.800 bits per heavy atom. The largest absolute Gasteiger partial charge is 0.384 e. The van der Waals surface area contributed by atoms with E-state index in [4.69, 9.17) is 28.4 Å². The fraction of sp³-hybridized carbons (Fsp3) is 1.00. The molecule has 0 aliphatic carbocycles. The van der Waals surface area contributed by atoms with E-state index in [0.29, 0.717) is 24.0 Å². The van der Waals surface area contributed by atoms with E-state index in [1.54, 1.807) is 21.3 Å². The second-order valence-electron chi connectivity index (χ2n) is 6.98. The average molecular weight is 363 g/mol. The Morgan fingerprint density at radius 2 is 1.52 bits per heavy atom. The molecular weight excluding hydrogens is 324 g/mol. The fourth-order valence-electron chi connectivity index (χ4n) is 3.17. The zero-order chi connectivity index (χ0) is 18.3. The maximum Gasteiger partial charge on any atom is 0.0809 e. The van der Waals surface area contributed by atoms with Crippen LogP contribution in [0.25, 0.3) is 0 Å². The quantitative estimate of drug-likeness (QED) is 0.724. The summed E-state index contributed by atoms with van der Waals surface area (Å²) in [5.74, 6) is 1.31. The molecule has 0 amide bonds. The van der Waals surface area contributed by atoms with Crippen LogP contribution in [-0.2, 0) is 28.4 Å². The maximum atomic E-state index is 5.34. The first-order valence-corrected chi connectivity index (χ1v) is 9.47. The summed E-state index contributed by atoms with van der Waals surface area (Å²) in [6.45, 7) is 8.21. The Labute approximate surface area is 153 Å². The van der Waals surface area contributed by atoms with Gasteiger partial charge in [0.2, 0.25) is 0 Å². The van der Waals surface area contributed by atoms with Crippen LogP contribution in [0.15, 0.2) is 0 Å². The van der Waals surface area contributed by atoms with Gasteiger partial charge >= 0.3 is 0 Å². The van der Waals surface area contributed by atoms with Crippen LogP contribution in [-0.4, -0.2) is 79.8 Å². The van der Waals surface area contributed by atoms with Gasteiger partial charge in [-0.2, -0.15) is 0 Å². The van der Waals surface area contributed by atoms with Gasteiger partial charge in [0.25, 0.3) is 0 Å². The standard InChI is InChI=1S/C7H14O2.2C6H12O2/c1-6-3-7(4-8-2)5-9-6;1-7-4-6-2-3-8-5-6;1-7-5-6-3-2-4-8-6/h6-7H,3-5H2,1-2H3;2*6H,2-5H2,1H3. The van der Waals surface area contributed by atoms with Crippen molar-refractivity contribution in [2.75, 3.05) is 67.6 Å². The van der Waals surface area contributed by atoms with Gasteiger partial charge in [0.1, 0.15) is 0 Å². The molecule has 3 heterocycles. The summed E-state index contributed by atoms with van der Waals surface area (Å²) in [6, 6.07) is 0. The molecule has 25 heavy (non-hydrogen) atoms. The zero-order valence-electron chi connectivity index (χ0n) is 16.5. The van der Waals surface area contributed by atoms with Crippen molar-refractivity contribution in [3.8, 4) is 0 Å². The molecule has 0 aromatic heterocycles. The van der Waals surface area contributed by atoms with Crippen molar-refractivity contribution >= 4 is 0 Å². The third-order valence-corrected chi connectivity index (χ3v) is 4.49. The zero-order valence-corrected chi connectivity index (χ0v) is 16.5. The van der Waals surface area contributed by atoms with E-state index < -0.39 is 0 Å². The summed E-state index contributed by atoms with van der Waals surface area (Å²) in [5, 5.41) is 0. The Balaban J connectivity index is 0.000000188. The van der Waals surface area contributed by atoms with Gasteiger partial charge in [-0.15, -0.1) is 0 Å². The van der Waals surface area contributed by atoms with Gasteiger partial charge in [0.15, 0.2) is 0 Å². The Bertz CT molecular complexity index is 270. The molecule has 0 N–H and O–H groups in total. The van der Waals surface area contributed by atoms with Gasteiger partial charge < -0.3 is 28.4 Å². The molecule has 6 heteroatoms. The number of ether oxygens (including phenoxy) is 6. The highest BCUT2D eigenvalue weighted by Crippen LogP contribution is 2.18. The van der Waals surface area contributed by atoms with Crippen LogP contribution >= 0.6 is 0 Å². The van der Waals surface area contributed by atoms with Crippen LogP contribution in [0.1, 0.15) is 32.6 Å². The highest BCUT2D eigenvalue weighted by Gasteiger charge is 2.21. The SMILES string of the molecule is COCC1CCCO1.COCC1CCOC1.COCC1COC(C)C1. The van der Waals surface area contributed by atoms with Crippen LogP contribution in [0.4, 0.5) is 0 Å². The topological polar surface area (TPSA) is 55.4 Å². The average Bonchev–Trinajstić information content (AvgIpc) is 3.34. The van der Waals surface area contributed by atoms with Crippen LogP contribution in [0.2, 0.25) is 0 Å². The highest BCUT2D eigenvalue weighted by atomic mass is 16.5. The van der Waals surface area contributed by atoms with E-state index in [0.717, 1.165) is 52.7 Å². The van der Waals surface area contributed by atoms with Gasteiger partial charge in [-0.1, -0.05) is 0 Å². The van der Waals surface area contributed by atoms with Crippen molar-refractivity contribution in [1.29, 1.82) is 0 Å². The van der Waals surface area contributed by atoms with E-state index >= 15 is 0 Å². The van der Waals surface area contributed by atoms with Crippen molar-refractivity contribution < 1.29 is 28.4 Å². The molecule has 3 aliphatic heterocycles. The van der Waals surface area contributed by atoms with Crippen molar-refractivity contribution in [2.45, 2.75) is 44.8 Å². The van der Waals surface area contributed by atoms with E-state index in [9.17, 15) is 0 Å². The number of hydrogen-bond donors (Lipinski definition) is 0. The monoisotopic (exact) mass is 362 g/mol. The summed E-state index contributed by atoms with van der Waals surface area (Å²) in [4.78, 5) is 0. The lowest BCUT2D eigenvalue weighted by atomic mass is 10.1. The summed E-state index contributed by atoms with van der Waals surface area (Å²) >= 11 is 0. The molecule has 3 aliphatic rings. The predicted octanol–water partition coefficient (Wildman–Crippen LogP) is 2.54. The van der Waals surface area contributed by atoms with Crippen LogP contribution in [0.3, 0.4) is 0 Å². The van der Waals surface area contributed by atoms with Crippen LogP contribution in [0.5, 0.6) is 0 Å². The Hall–Kier alpha value is -0.240. The minimum Gasteiger partial charge on any atom is -0.384 e. The lowest BCUT2D eigenvalue weighted by Crippen LogP contribution is -2.11. The number of hydrogen-bond acceptors (Lipinski definition) is 6. The highest BCUT2D eigenvalue weighted by molar-refractivity contribution is 4.69. The van der Waals surface area contributed by atoms with E-state index in [1.807, 2.05) is 0 Å². The van der Waals surface area contributed by atoms with Gasteiger partial charge in [0, 0.05) is 46.4 Å². The van der Waals surface area contributed by atoms with E-state index in [-0.39, 0.29) is 0 Å². The predicted molar refractivity (Wildman–Crippen MR) is 97.0 cm³/mol. The van der Waals surface area contributed by atoms with Gasteiger partial charge in [-0.25, -0.2) is 0 Å². The molecular formula is C19H38O6. The van der Waals surface area contributed by atoms with Crippen LogP contribution < -0.4 is 0 Å². The number of methoxy groups -OCH3 is 3. The molecule has 4 unspecified atom stereocenters. The summed E-state index contributed by atoms with van der Waals surface area (Å²) in [7, 11) is 5.18. The molecule has 150 valence electrons. The fourth-order valence-corrected chi connectivity index (χ4v) is 3.17. The molecule has 3 rings (SSSR count). The summed E-state index contributed by atoms with van der Waals surface area (Å²) in [6.07, 6.45) is 5.55. The molecule has 3 fully saturated rings. The molecule has 0 spiro atoms. The second kappa shape index (κ2) is 14.9. The Kier molecular flexibility index (Phi) is 13.6. The number of rotatable bonds is 6. The molecule has 0 aromatic rings. The lowest BCUT2D eigenvalue weighted by Gasteiger charge is -2.05. The van der Waals surface area contributed by atoms with Crippen LogP contribution in [0, 0.1) is 11.8 Å². The van der Waals surface area contributed by atoms with Crippen molar-refractivity contribution in [2.24, 2.45) is 11.8 Å². The molecule has 0 aromatic carbocycles. The smallest absolute Gasteiger partial charge is 0.0809 e. The normalized spacial score (nSPS) is 31.2. The van der Waals surface area contributed by atoms with Gasteiger partial charge in [-0.05, 0) is 32.6 Å². The molecule has 0 saturated carbocycles. The van der Waals surface area contributed by atoms with Crippen molar-refractivity contribution in [3.05, 3.63) is 0 Å².